The van der Waals surface area contributed by atoms with Gasteiger partial charge >= 0.3 is 0 Å². The van der Waals surface area contributed by atoms with Crippen LogP contribution in [0, 0.1) is 13.8 Å². The first-order valence-electron chi connectivity index (χ1n) is 5.55. The number of rotatable bonds is 2. The van der Waals surface area contributed by atoms with Crippen molar-refractivity contribution in [2.75, 3.05) is 0 Å². The van der Waals surface area contributed by atoms with Gasteiger partial charge in [-0.25, -0.2) is 14.6 Å². The first kappa shape index (κ1) is 12.0. The van der Waals surface area contributed by atoms with E-state index in [9.17, 15) is 0 Å². The predicted molar refractivity (Wildman–Crippen MR) is 67.7 cm³/mol. The lowest BCUT2D eigenvalue weighted by molar-refractivity contribution is 0.751. The van der Waals surface area contributed by atoms with Crippen molar-refractivity contribution in [3.63, 3.8) is 0 Å². The molecule has 0 bridgehead atoms. The Hall–Kier alpha value is -1.42. The number of halogens is 1. The van der Waals surface area contributed by atoms with Gasteiger partial charge in [-0.3, -0.25) is 0 Å². The highest BCUT2D eigenvalue weighted by Crippen LogP contribution is 2.19. The van der Waals surface area contributed by atoms with Crippen LogP contribution in [-0.2, 0) is 0 Å². The van der Waals surface area contributed by atoms with Gasteiger partial charge in [0, 0.05) is 6.20 Å². The summed E-state index contributed by atoms with van der Waals surface area (Å²) in [7, 11) is 0. The van der Waals surface area contributed by atoms with E-state index < -0.39 is 0 Å². The van der Waals surface area contributed by atoms with Crippen LogP contribution in [0.15, 0.2) is 12.3 Å². The average molecular weight is 251 g/mol. The summed E-state index contributed by atoms with van der Waals surface area (Å²) in [5, 5.41) is 4.82. The molecule has 0 aliphatic carbocycles. The lowest BCUT2D eigenvalue weighted by Gasteiger charge is -2.06. The van der Waals surface area contributed by atoms with Gasteiger partial charge in [-0.1, -0.05) is 25.4 Å². The van der Waals surface area contributed by atoms with E-state index in [1.54, 1.807) is 4.68 Å². The molecule has 0 aromatic carbocycles. The monoisotopic (exact) mass is 250 g/mol. The summed E-state index contributed by atoms with van der Waals surface area (Å²) < 4.78 is 1.68. The fourth-order valence-corrected chi connectivity index (χ4v) is 1.73. The van der Waals surface area contributed by atoms with E-state index in [0.29, 0.717) is 16.9 Å². The second-order valence-corrected chi connectivity index (χ2v) is 4.71. The standard InChI is InChI=1S/C12H15ClN4/c1-7(2)10-5-6-17(16-10)12-11(13)14-8(3)9(4)15-12/h5-7H,1-4H3. The normalized spacial score (nSPS) is 11.2. The van der Waals surface area contributed by atoms with Crippen molar-refractivity contribution >= 4 is 11.6 Å². The van der Waals surface area contributed by atoms with Crippen LogP contribution in [0.2, 0.25) is 5.15 Å². The Kier molecular flexibility index (Phi) is 3.15. The molecule has 0 N–H and O–H groups in total. The highest BCUT2D eigenvalue weighted by Gasteiger charge is 2.11. The molecule has 0 spiro atoms. The fraction of sp³-hybridized carbons (Fsp3) is 0.417. The smallest absolute Gasteiger partial charge is 0.191 e. The third-order valence-corrected chi connectivity index (χ3v) is 2.92. The van der Waals surface area contributed by atoms with E-state index in [-0.39, 0.29) is 0 Å². The van der Waals surface area contributed by atoms with Gasteiger partial charge in [0.05, 0.1) is 17.1 Å². The van der Waals surface area contributed by atoms with Gasteiger partial charge in [-0.15, -0.1) is 0 Å². The summed E-state index contributed by atoms with van der Waals surface area (Å²) >= 11 is 6.09. The molecule has 2 heterocycles. The van der Waals surface area contributed by atoms with Crippen LogP contribution in [0.1, 0.15) is 36.8 Å². The van der Waals surface area contributed by atoms with Gasteiger partial charge in [-0.05, 0) is 25.8 Å². The second kappa shape index (κ2) is 4.45. The maximum Gasteiger partial charge on any atom is 0.191 e. The third kappa shape index (κ3) is 2.31. The van der Waals surface area contributed by atoms with Crippen LogP contribution in [-0.4, -0.2) is 19.7 Å². The van der Waals surface area contributed by atoms with Crippen molar-refractivity contribution < 1.29 is 0 Å². The summed E-state index contributed by atoms with van der Waals surface area (Å²) in [5.74, 6) is 0.969. The molecule has 17 heavy (non-hydrogen) atoms. The maximum atomic E-state index is 6.09. The summed E-state index contributed by atoms with van der Waals surface area (Å²) in [6.07, 6.45) is 1.86. The Morgan fingerprint density at radius 3 is 2.41 bits per heavy atom. The number of aryl methyl sites for hydroxylation is 2. The Balaban J connectivity index is 2.49. The highest BCUT2D eigenvalue weighted by molar-refractivity contribution is 6.30. The quantitative estimate of drug-likeness (QED) is 0.823. The zero-order valence-corrected chi connectivity index (χ0v) is 11.2. The van der Waals surface area contributed by atoms with E-state index in [1.807, 2.05) is 26.1 Å². The number of nitrogens with zero attached hydrogens (tertiary/aromatic N) is 4. The van der Waals surface area contributed by atoms with Crippen LogP contribution in [0.25, 0.3) is 5.82 Å². The lowest BCUT2D eigenvalue weighted by atomic mass is 10.1. The molecule has 0 aliphatic rings. The topological polar surface area (TPSA) is 43.6 Å². The molecule has 0 atom stereocenters. The summed E-state index contributed by atoms with van der Waals surface area (Å²) in [6, 6.07) is 1.97. The molecular formula is C12H15ClN4. The zero-order chi connectivity index (χ0) is 12.6. The molecular weight excluding hydrogens is 236 g/mol. The number of hydrogen-bond acceptors (Lipinski definition) is 3. The number of aromatic nitrogens is 4. The summed E-state index contributed by atoms with van der Waals surface area (Å²) in [4.78, 5) is 8.67. The SMILES string of the molecule is Cc1nc(Cl)c(-n2ccc(C(C)C)n2)nc1C. The average Bonchev–Trinajstić information content (AvgIpc) is 2.72. The Morgan fingerprint density at radius 1 is 1.18 bits per heavy atom. The minimum atomic E-state index is 0.381. The van der Waals surface area contributed by atoms with E-state index >= 15 is 0 Å². The van der Waals surface area contributed by atoms with E-state index in [1.165, 1.54) is 0 Å². The molecule has 2 aromatic heterocycles. The zero-order valence-electron chi connectivity index (χ0n) is 10.4. The van der Waals surface area contributed by atoms with Crippen LogP contribution in [0.5, 0.6) is 0 Å². The third-order valence-electron chi connectivity index (χ3n) is 2.67. The van der Waals surface area contributed by atoms with Gasteiger partial charge < -0.3 is 0 Å². The first-order chi connectivity index (χ1) is 7.99. The van der Waals surface area contributed by atoms with Gasteiger partial charge in [-0.2, -0.15) is 5.10 Å². The van der Waals surface area contributed by atoms with Crippen molar-refractivity contribution in [1.29, 1.82) is 0 Å². The predicted octanol–water partition coefficient (Wildman–Crippen LogP) is 3.06. The summed E-state index contributed by atoms with van der Waals surface area (Å²) in [6.45, 7) is 8.00. The minimum absolute atomic E-state index is 0.381. The Bertz CT molecular complexity index is 545. The van der Waals surface area contributed by atoms with Gasteiger partial charge in [0.1, 0.15) is 0 Å². The van der Waals surface area contributed by atoms with E-state index in [2.05, 4.69) is 28.9 Å². The van der Waals surface area contributed by atoms with Crippen LogP contribution >= 0.6 is 11.6 Å². The van der Waals surface area contributed by atoms with Gasteiger partial charge in [0.15, 0.2) is 11.0 Å². The molecule has 0 aliphatic heterocycles. The molecule has 0 saturated heterocycles. The molecule has 2 aromatic rings. The van der Waals surface area contributed by atoms with Crippen LogP contribution in [0.3, 0.4) is 0 Å². The van der Waals surface area contributed by atoms with Crippen LogP contribution in [0.4, 0.5) is 0 Å². The molecule has 0 unspecified atom stereocenters. The van der Waals surface area contributed by atoms with Crippen molar-refractivity contribution in [3.8, 4) is 5.82 Å². The maximum absolute atomic E-state index is 6.09. The lowest BCUT2D eigenvalue weighted by Crippen LogP contribution is -2.05. The van der Waals surface area contributed by atoms with Crippen LogP contribution < -0.4 is 0 Å². The Labute approximate surface area is 106 Å². The Morgan fingerprint density at radius 2 is 1.82 bits per heavy atom. The molecule has 5 heteroatoms. The van der Waals surface area contributed by atoms with E-state index in [0.717, 1.165) is 17.1 Å². The van der Waals surface area contributed by atoms with Crippen molar-refractivity contribution in [1.82, 2.24) is 19.7 Å². The molecule has 0 radical (unpaired) electrons. The highest BCUT2D eigenvalue weighted by atomic mass is 35.5. The molecule has 0 saturated carbocycles. The molecule has 0 fully saturated rings. The fourth-order valence-electron chi connectivity index (χ4n) is 1.47. The molecule has 0 amide bonds. The molecule has 2 rings (SSSR count). The van der Waals surface area contributed by atoms with Gasteiger partial charge in [0.2, 0.25) is 0 Å². The van der Waals surface area contributed by atoms with Gasteiger partial charge in [0.25, 0.3) is 0 Å². The van der Waals surface area contributed by atoms with E-state index in [4.69, 9.17) is 11.6 Å². The first-order valence-corrected chi connectivity index (χ1v) is 5.93. The second-order valence-electron chi connectivity index (χ2n) is 4.35. The minimum Gasteiger partial charge on any atom is -0.236 e. The summed E-state index contributed by atoms with van der Waals surface area (Å²) in [5.41, 5.74) is 2.72. The largest absolute Gasteiger partial charge is 0.236 e. The van der Waals surface area contributed by atoms with Crippen molar-refractivity contribution in [2.24, 2.45) is 0 Å². The number of hydrogen-bond donors (Lipinski definition) is 0. The molecule has 90 valence electrons. The van der Waals surface area contributed by atoms with Crippen molar-refractivity contribution in [2.45, 2.75) is 33.6 Å². The van der Waals surface area contributed by atoms with Crippen molar-refractivity contribution in [3.05, 3.63) is 34.5 Å². The molecule has 4 nitrogen and oxygen atoms in total.